The first-order valence-electron chi connectivity index (χ1n) is 5.78. The van der Waals surface area contributed by atoms with E-state index in [0.717, 1.165) is 17.5 Å². The molecule has 0 bridgehead atoms. The first-order valence-corrected chi connectivity index (χ1v) is 6.16. The molecule has 0 fully saturated rings. The van der Waals surface area contributed by atoms with Crippen molar-refractivity contribution in [2.45, 2.75) is 40.2 Å². The van der Waals surface area contributed by atoms with Crippen LogP contribution in [0.25, 0.3) is 0 Å². The van der Waals surface area contributed by atoms with Gasteiger partial charge in [-0.1, -0.05) is 24.6 Å². The summed E-state index contributed by atoms with van der Waals surface area (Å²) >= 11 is 6.11. The van der Waals surface area contributed by atoms with Gasteiger partial charge in [0.15, 0.2) is 0 Å². The maximum atomic E-state index is 11.7. The topological polar surface area (TPSA) is 41.1 Å². The number of urea groups is 1. The molecule has 0 saturated carbocycles. The number of halogens is 1. The zero-order valence-electron chi connectivity index (χ0n) is 10.7. The Morgan fingerprint density at radius 3 is 2.59 bits per heavy atom. The molecule has 1 rings (SSSR count). The fourth-order valence-corrected chi connectivity index (χ4v) is 1.92. The number of aryl methyl sites for hydroxylation is 2. The third-order valence-electron chi connectivity index (χ3n) is 2.66. The number of benzene rings is 1. The maximum Gasteiger partial charge on any atom is 0.319 e. The normalized spacial score (nSPS) is 12.1. The number of nitrogens with one attached hydrogen (secondary N) is 2. The maximum absolute atomic E-state index is 11.7. The second kappa shape index (κ2) is 5.92. The Morgan fingerprint density at radius 1 is 1.41 bits per heavy atom. The Hall–Kier alpha value is -1.22. The Morgan fingerprint density at radius 2 is 2.06 bits per heavy atom. The number of rotatable bonds is 3. The van der Waals surface area contributed by atoms with Crippen molar-refractivity contribution in [2.24, 2.45) is 0 Å². The van der Waals surface area contributed by atoms with Gasteiger partial charge in [0.05, 0.1) is 10.7 Å². The quantitative estimate of drug-likeness (QED) is 0.845. The molecular formula is C13H19ClN2O. The highest BCUT2D eigenvalue weighted by Crippen LogP contribution is 2.27. The van der Waals surface area contributed by atoms with Gasteiger partial charge in [-0.15, -0.1) is 0 Å². The largest absolute Gasteiger partial charge is 0.335 e. The van der Waals surface area contributed by atoms with E-state index < -0.39 is 0 Å². The van der Waals surface area contributed by atoms with Gasteiger partial charge in [-0.25, -0.2) is 4.79 Å². The fraction of sp³-hybridized carbons (Fsp3) is 0.462. The number of amides is 2. The average Bonchev–Trinajstić information content (AvgIpc) is 2.23. The smallest absolute Gasteiger partial charge is 0.319 e. The van der Waals surface area contributed by atoms with Crippen LogP contribution in [0.4, 0.5) is 10.5 Å². The highest BCUT2D eigenvalue weighted by molar-refractivity contribution is 6.34. The Bertz CT molecular complexity index is 395. The minimum absolute atomic E-state index is 0.152. The lowest BCUT2D eigenvalue weighted by atomic mass is 10.1. The van der Waals surface area contributed by atoms with Crippen LogP contribution >= 0.6 is 11.6 Å². The lowest BCUT2D eigenvalue weighted by Gasteiger charge is -2.15. The van der Waals surface area contributed by atoms with Gasteiger partial charge in [-0.3, -0.25) is 0 Å². The molecular weight excluding hydrogens is 236 g/mol. The summed E-state index contributed by atoms with van der Waals surface area (Å²) in [5.41, 5.74) is 2.73. The summed E-state index contributed by atoms with van der Waals surface area (Å²) in [6.07, 6.45) is 0.897. The summed E-state index contributed by atoms with van der Waals surface area (Å²) < 4.78 is 0. The van der Waals surface area contributed by atoms with Crippen molar-refractivity contribution in [1.29, 1.82) is 0 Å². The third-order valence-corrected chi connectivity index (χ3v) is 2.96. The van der Waals surface area contributed by atoms with E-state index in [1.54, 1.807) is 0 Å². The molecule has 0 aliphatic carbocycles. The van der Waals surface area contributed by atoms with Crippen LogP contribution in [0.5, 0.6) is 0 Å². The van der Waals surface area contributed by atoms with E-state index in [2.05, 4.69) is 10.6 Å². The van der Waals surface area contributed by atoms with Crippen molar-refractivity contribution in [3.63, 3.8) is 0 Å². The van der Waals surface area contributed by atoms with Gasteiger partial charge < -0.3 is 10.6 Å². The van der Waals surface area contributed by atoms with E-state index in [9.17, 15) is 4.79 Å². The van der Waals surface area contributed by atoms with Crippen LogP contribution in [-0.4, -0.2) is 12.1 Å². The minimum atomic E-state index is -0.215. The minimum Gasteiger partial charge on any atom is -0.335 e. The predicted molar refractivity (Wildman–Crippen MR) is 72.8 cm³/mol. The molecule has 0 aliphatic rings. The first kappa shape index (κ1) is 13.8. The monoisotopic (exact) mass is 254 g/mol. The van der Waals surface area contributed by atoms with E-state index >= 15 is 0 Å². The van der Waals surface area contributed by atoms with Crippen molar-refractivity contribution in [3.8, 4) is 0 Å². The molecule has 0 radical (unpaired) electrons. The molecule has 1 atom stereocenters. The average molecular weight is 255 g/mol. The van der Waals surface area contributed by atoms with Crippen LogP contribution in [-0.2, 0) is 0 Å². The van der Waals surface area contributed by atoms with Gasteiger partial charge >= 0.3 is 6.03 Å². The number of hydrogen-bond donors (Lipinski definition) is 2. The molecule has 0 aromatic heterocycles. The summed E-state index contributed by atoms with van der Waals surface area (Å²) in [5.74, 6) is 0. The van der Waals surface area contributed by atoms with Gasteiger partial charge in [0, 0.05) is 6.04 Å². The standard InChI is InChI=1S/C13H19ClN2O/c1-5-10(4)15-13(17)16-12-9(3)6-8(2)7-11(12)14/h6-7,10H,5H2,1-4H3,(H2,15,16,17). The molecule has 0 heterocycles. The molecule has 1 aromatic rings. The summed E-state index contributed by atoms with van der Waals surface area (Å²) in [6, 6.07) is 3.77. The summed E-state index contributed by atoms with van der Waals surface area (Å²) in [6.45, 7) is 7.89. The molecule has 1 aromatic carbocycles. The number of carbonyl (C=O) groups is 1. The zero-order valence-corrected chi connectivity index (χ0v) is 11.5. The highest BCUT2D eigenvalue weighted by Gasteiger charge is 2.10. The van der Waals surface area contributed by atoms with Crippen molar-refractivity contribution in [2.75, 3.05) is 5.32 Å². The van der Waals surface area contributed by atoms with E-state index in [1.165, 1.54) is 0 Å². The van der Waals surface area contributed by atoms with Crippen LogP contribution in [0.3, 0.4) is 0 Å². The molecule has 3 nitrogen and oxygen atoms in total. The van der Waals surface area contributed by atoms with Crippen LogP contribution in [0.15, 0.2) is 12.1 Å². The molecule has 2 N–H and O–H groups in total. The Balaban J connectivity index is 2.78. The zero-order chi connectivity index (χ0) is 13.0. The molecule has 0 saturated heterocycles. The van der Waals surface area contributed by atoms with Crippen molar-refractivity contribution < 1.29 is 4.79 Å². The summed E-state index contributed by atoms with van der Waals surface area (Å²) in [5, 5.41) is 6.20. The van der Waals surface area contributed by atoms with Crippen LogP contribution in [0, 0.1) is 13.8 Å². The van der Waals surface area contributed by atoms with Crippen LogP contribution in [0.2, 0.25) is 5.02 Å². The number of hydrogen-bond acceptors (Lipinski definition) is 1. The molecule has 0 spiro atoms. The Kier molecular flexibility index (Phi) is 4.82. The van der Waals surface area contributed by atoms with Gasteiger partial charge in [0.2, 0.25) is 0 Å². The summed E-state index contributed by atoms with van der Waals surface area (Å²) in [7, 11) is 0. The lowest BCUT2D eigenvalue weighted by Crippen LogP contribution is -2.35. The van der Waals surface area contributed by atoms with E-state index in [1.807, 2.05) is 39.8 Å². The predicted octanol–water partition coefficient (Wildman–Crippen LogP) is 3.88. The van der Waals surface area contributed by atoms with Crippen molar-refractivity contribution in [1.82, 2.24) is 5.32 Å². The van der Waals surface area contributed by atoms with E-state index in [0.29, 0.717) is 10.7 Å². The summed E-state index contributed by atoms with van der Waals surface area (Å²) in [4.78, 5) is 11.7. The first-order chi connectivity index (χ1) is 7.93. The van der Waals surface area contributed by atoms with E-state index in [4.69, 9.17) is 11.6 Å². The van der Waals surface area contributed by atoms with Crippen LogP contribution < -0.4 is 10.6 Å². The number of anilines is 1. The van der Waals surface area contributed by atoms with Gasteiger partial charge in [-0.05, 0) is 44.4 Å². The Labute approximate surface area is 108 Å². The lowest BCUT2D eigenvalue weighted by molar-refractivity contribution is 0.249. The molecule has 94 valence electrons. The molecule has 1 unspecified atom stereocenters. The fourth-order valence-electron chi connectivity index (χ4n) is 1.55. The van der Waals surface area contributed by atoms with Crippen molar-refractivity contribution in [3.05, 3.63) is 28.3 Å². The van der Waals surface area contributed by atoms with Gasteiger partial charge in [0.1, 0.15) is 0 Å². The van der Waals surface area contributed by atoms with Crippen LogP contribution in [0.1, 0.15) is 31.4 Å². The molecule has 0 aliphatic heterocycles. The second-order valence-electron chi connectivity index (χ2n) is 4.35. The molecule has 2 amide bonds. The SMILES string of the molecule is CCC(C)NC(=O)Nc1c(C)cc(C)cc1Cl. The van der Waals surface area contributed by atoms with E-state index in [-0.39, 0.29) is 12.1 Å². The van der Waals surface area contributed by atoms with Gasteiger partial charge in [-0.2, -0.15) is 0 Å². The third kappa shape index (κ3) is 3.93. The van der Waals surface area contributed by atoms with Crippen molar-refractivity contribution >= 4 is 23.3 Å². The second-order valence-corrected chi connectivity index (χ2v) is 4.75. The number of carbonyl (C=O) groups excluding carboxylic acids is 1. The molecule has 4 heteroatoms. The molecule has 17 heavy (non-hydrogen) atoms. The highest BCUT2D eigenvalue weighted by atomic mass is 35.5. The van der Waals surface area contributed by atoms with Gasteiger partial charge in [0.25, 0.3) is 0 Å².